The number of hydrogen-bond acceptors (Lipinski definition) is 4. The van der Waals surface area contributed by atoms with Crippen LogP contribution in [-0.2, 0) is 24.1 Å². The molecule has 1 aliphatic carbocycles. The van der Waals surface area contributed by atoms with E-state index in [2.05, 4.69) is 0 Å². The molecule has 2 aromatic carbocycles. The van der Waals surface area contributed by atoms with E-state index in [1.165, 1.54) is 0 Å². The normalized spacial score (nSPS) is 17.7. The van der Waals surface area contributed by atoms with E-state index in [9.17, 15) is 18.0 Å². The number of nitrogens with zero attached hydrogens (tertiary/aromatic N) is 1. The number of ether oxygens (including phenoxy) is 2. The van der Waals surface area contributed by atoms with E-state index in [0.717, 1.165) is 42.9 Å². The number of carboxylic acid groups (broad SMARTS) is 1. The van der Waals surface area contributed by atoms with Gasteiger partial charge in [0.25, 0.3) is 0 Å². The van der Waals surface area contributed by atoms with Gasteiger partial charge in [0.05, 0.1) is 18.6 Å². The molecule has 0 amide bonds. The van der Waals surface area contributed by atoms with E-state index in [1.807, 2.05) is 17.0 Å². The molecule has 0 aromatic heterocycles. The Balaban J connectivity index is 1.42. The minimum absolute atomic E-state index is 0.0373. The third kappa shape index (κ3) is 5.43. The number of alkyl halides is 3. The molecule has 5 nitrogen and oxygen atoms in total. The maximum absolute atomic E-state index is 13.7. The molecule has 1 saturated heterocycles. The second kappa shape index (κ2) is 9.63. The summed E-state index contributed by atoms with van der Waals surface area (Å²) in [6.45, 7) is 1.69. The number of hydrogen-bond donors (Lipinski definition) is 1. The highest BCUT2D eigenvalue weighted by Crippen LogP contribution is 2.43. The van der Waals surface area contributed by atoms with Crippen LogP contribution < -0.4 is 9.47 Å². The maximum Gasteiger partial charge on any atom is 0.416 e. The van der Waals surface area contributed by atoms with Crippen LogP contribution in [0.3, 0.4) is 0 Å². The number of halogens is 3. The number of benzene rings is 2. The molecular weight excluding hydrogens is 435 g/mol. The molecule has 1 heterocycles. The fraction of sp³-hybridized carbons (Fsp3) is 0.480. The van der Waals surface area contributed by atoms with Gasteiger partial charge < -0.3 is 14.6 Å². The first-order valence-corrected chi connectivity index (χ1v) is 11.2. The zero-order valence-electron chi connectivity index (χ0n) is 18.5. The van der Waals surface area contributed by atoms with Crippen LogP contribution in [0.15, 0.2) is 36.4 Å². The van der Waals surface area contributed by atoms with Crippen molar-refractivity contribution >= 4 is 5.97 Å². The van der Waals surface area contributed by atoms with Crippen molar-refractivity contribution in [2.75, 3.05) is 20.2 Å². The molecule has 4 rings (SSSR count). The topological polar surface area (TPSA) is 59.0 Å². The largest absolute Gasteiger partial charge is 0.496 e. The van der Waals surface area contributed by atoms with Crippen LogP contribution in [-0.4, -0.2) is 36.2 Å². The highest BCUT2D eigenvalue weighted by Gasteiger charge is 2.36. The first-order chi connectivity index (χ1) is 15.7. The standard InChI is InChI=1S/C25H28F3NO4/c1-32-23-10-16(6-7-18(23)12-29-13-19(14-29)24(30)31)15-33-20-8-9-21(17-4-2-3-5-17)22(11-20)25(26,27)28/h6-11,17,19H,2-5,12-15H2,1H3,(H,30,31). The average molecular weight is 463 g/mol. The molecule has 2 aromatic rings. The Morgan fingerprint density at radius 1 is 1.12 bits per heavy atom. The number of rotatable bonds is 8. The van der Waals surface area contributed by atoms with Gasteiger partial charge in [0.15, 0.2) is 0 Å². The summed E-state index contributed by atoms with van der Waals surface area (Å²) < 4.78 is 52.2. The summed E-state index contributed by atoms with van der Waals surface area (Å²) in [5.41, 5.74) is 1.46. The Morgan fingerprint density at radius 3 is 2.48 bits per heavy atom. The smallest absolute Gasteiger partial charge is 0.416 e. The van der Waals surface area contributed by atoms with Crippen molar-refractivity contribution in [3.8, 4) is 11.5 Å². The van der Waals surface area contributed by atoms with Crippen molar-refractivity contribution in [3.05, 3.63) is 58.7 Å². The van der Waals surface area contributed by atoms with Crippen LogP contribution in [0.4, 0.5) is 13.2 Å². The van der Waals surface area contributed by atoms with Crippen molar-refractivity contribution in [1.29, 1.82) is 0 Å². The molecular formula is C25H28F3NO4. The van der Waals surface area contributed by atoms with Gasteiger partial charge >= 0.3 is 12.1 Å². The van der Waals surface area contributed by atoms with Crippen LogP contribution in [0.2, 0.25) is 0 Å². The predicted molar refractivity (Wildman–Crippen MR) is 116 cm³/mol. The molecule has 2 fully saturated rings. The third-order valence-corrected chi connectivity index (χ3v) is 6.58. The molecule has 0 atom stereocenters. The Bertz CT molecular complexity index is 996. The molecule has 0 radical (unpaired) electrons. The molecule has 2 aliphatic rings. The number of carbonyl (C=O) groups is 1. The van der Waals surface area contributed by atoms with Gasteiger partial charge in [0.2, 0.25) is 0 Å². The minimum Gasteiger partial charge on any atom is -0.496 e. The van der Waals surface area contributed by atoms with Gasteiger partial charge in [-0.3, -0.25) is 9.69 Å². The first-order valence-electron chi connectivity index (χ1n) is 11.2. The molecule has 0 unspecified atom stereocenters. The summed E-state index contributed by atoms with van der Waals surface area (Å²) in [7, 11) is 1.55. The lowest BCUT2D eigenvalue weighted by molar-refractivity contribution is -0.147. The van der Waals surface area contributed by atoms with Crippen molar-refractivity contribution in [2.45, 2.75) is 50.9 Å². The van der Waals surface area contributed by atoms with Crippen molar-refractivity contribution < 1.29 is 32.5 Å². The monoisotopic (exact) mass is 463 g/mol. The number of aliphatic carboxylic acids is 1. The van der Waals surface area contributed by atoms with Crippen LogP contribution in [0.5, 0.6) is 11.5 Å². The summed E-state index contributed by atoms with van der Waals surface area (Å²) in [6.07, 6.45) is -0.891. The van der Waals surface area contributed by atoms with Gasteiger partial charge in [-0.25, -0.2) is 0 Å². The van der Waals surface area contributed by atoms with Gasteiger partial charge in [-0.2, -0.15) is 13.2 Å². The summed E-state index contributed by atoms with van der Waals surface area (Å²) in [5, 5.41) is 9.01. The second-order valence-corrected chi connectivity index (χ2v) is 8.89. The van der Waals surface area contributed by atoms with E-state index in [1.54, 1.807) is 25.3 Å². The minimum atomic E-state index is -4.42. The summed E-state index contributed by atoms with van der Waals surface area (Å²) >= 11 is 0. The maximum atomic E-state index is 13.7. The fourth-order valence-electron chi connectivity index (χ4n) is 4.74. The number of likely N-dealkylation sites (tertiary alicyclic amines) is 1. The highest BCUT2D eigenvalue weighted by molar-refractivity contribution is 5.71. The van der Waals surface area contributed by atoms with Gasteiger partial charge in [0, 0.05) is 25.2 Å². The van der Waals surface area contributed by atoms with E-state index in [4.69, 9.17) is 14.6 Å². The van der Waals surface area contributed by atoms with Crippen molar-refractivity contribution in [2.24, 2.45) is 5.92 Å². The van der Waals surface area contributed by atoms with Crippen LogP contribution in [0.25, 0.3) is 0 Å². The lowest BCUT2D eigenvalue weighted by atomic mass is 9.92. The number of methoxy groups -OCH3 is 1. The molecule has 33 heavy (non-hydrogen) atoms. The fourth-order valence-corrected chi connectivity index (χ4v) is 4.74. The van der Waals surface area contributed by atoms with Crippen LogP contribution in [0.1, 0.15) is 53.9 Å². The van der Waals surface area contributed by atoms with Crippen molar-refractivity contribution in [1.82, 2.24) is 4.90 Å². The SMILES string of the molecule is COc1cc(COc2ccc(C3CCCC3)c(C(F)(F)F)c2)ccc1CN1CC(C(=O)O)C1. The molecule has 178 valence electrons. The quantitative estimate of drug-likeness (QED) is 0.563. The summed E-state index contributed by atoms with van der Waals surface area (Å²) in [5.74, 6) is -0.319. The van der Waals surface area contributed by atoms with Gasteiger partial charge in [-0.1, -0.05) is 31.0 Å². The van der Waals surface area contributed by atoms with Gasteiger partial charge in [-0.05, 0) is 48.1 Å². The Labute approximate surface area is 191 Å². The summed E-state index contributed by atoms with van der Waals surface area (Å²) in [6, 6.07) is 9.84. The van der Waals surface area contributed by atoms with E-state index in [-0.39, 0.29) is 24.2 Å². The lowest BCUT2D eigenvalue weighted by Crippen LogP contribution is -2.49. The van der Waals surface area contributed by atoms with Crippen molar-refractivity contribution in [3.63, 3.8) is 0 Å². The zero-order chi connectivity index (χ0) is 23.6. The molecule has 0 spiro atoms. The molecule has 1 N–H and O–H groups in total. The average Bonchev–Trinajstić information content (AvgIpc) is 3.28. The molecule has 8 heteroatoms. The predicted octanol–water partition coefficient (Wildman–Crippen LogP) is 5.47. The van der Waals surface area contributed by atoms with E-state index in [0.29, 0.717) is 30.9 Å². The van der Waals surface area contributed by atoms with E-state index < -0.39 is 17.7 Å². The van der Waals surface area contributed by atoms with Crippen LogP contribution >= 0.6 is 0 Å². The third-order valence-electron chi connectivity index (χ3n) is 6.58. The lowest BCUT2D eigenvalue weighted by Gasteiger charge is -2.36. The number of carboxylic acids is 1. The van der Waals surface area contributed by atoms with Gasteiger partial charge in [-0.15, -0.1) is 0 Å². The molecule has 1 aliphatic heterocycles. The Hall–Kier alpha value is -2.74. The zero-order valence-corrected chi connectivity index (χ0v) is 18.5. The highest BCUT2D eigenvalue weighted by atomic mass is 19.4. The second-order valence-electron chi connectivity index (χ2n) is 8.89. The Kier molecular flexibility index (Phi) is 6.83. The van der Waals surface area contributed by atoms with E-state index >= 15 is 0 Å². The Morgan fingerprint density at radius 2 is 1.85 bits per heavy atom. The van der Waals surface area contributed by atoms with Gasteiger partial charge in [0.1, 0.15) is 18.1 Å². The van der Waals surface area contributed by atoms with Crippen LogP contribution in [0, 0.1) is 5.92 Å². The molecule has 0 bridgehead atoms. The first kappa shape index (κ1) is 23.4. The molecule has 1 saturated carbocycles. The summed E-state index contributed by atoms with van der Waals surface area (Å²) in [4.78, 5) is 13.0.